The zero-order valence-electron chi connectivity index (χ0n) is 16.0. The largest absolute Gasteiger partial charge is 0.389 e. The molecular weight excluding hydrogens is 360 g/mol. The maximum absolute atomic E-state index is 12.5. The molecule has 3 aromatic rings. The lowest BCUT2D eigenvalue weighted by molar-refractivity contribution is -0.0222. The first-order chi connectivity index (χ1) is 13.5. The molecule has 1 N–H and O–H groups in total. The quantitative estimate of drug-likeness (QED) is 0.705. The molecule has 0 saturated heterocycles. The Kier molecular flexibility index (Phi) is 4.91. The summed E-state index contributed by atoms with van der Waals surface area (Å²) in [6.45, 7) is 0.322. The molecule has 28 heavy (non-hydrogen) atoms. The molecule has 0 aliphatic heterocycles. The molecular formula is C20H24N4O4. The second-order valence-corrected chi connectivity index (χ2v) is 7.34. The van der Waals surface area contributed by atoms with Gasteiger partial charge in [-0.2, -0.15) is 0 Å². The van der Waals surface area contributed by atoms with Crippen molar-refractivity contribution in [1.82, 2.24) is 18.7 Å². The predicted octanol–water partition coefficient (Wildman–Crippen LogP) is 0.889. The van der Waals surface area contributed by atoms with Gasteiger partial charge in [0.2, 0.25) is 0 Å². The van der Waals surface area contributed by atoms with Crippen molar-refractivity contribution in [2.45, 2.75) is 38.0 Å². The third-order valence-corrected chi connectivity index (χ3v) is 5.43. The fraction of sp³-hybridized carbons (Fsp3) is 0.450. The van der Waals surface area contributed by atoms with Gasteiger partial charge in [0.1, 0.15) is 0 Å². The van der Waals surface area contributed by atoms with E-state index in [1.54, 1.807) is 11.6 Å². The summed E-state index contributed by atoms with van der Waals surface area (Å²) in [5.41, 5.74) is 2.25. The molecule has 2 aromatic heterocycles. The first-order valence-corrected chi connectivity index (χ1v) is 9.45. The lowest BCUT2D eigenvalue weighted by Gasteiger charge is -2.26. The van der Waals surface area contributed by atoms with Gasteiger partial charge in [-0.3, -0.25) is 13.9 Å². The van der Waals surface area contributed by atoms with Gasteiger partial charge < -0.3 is 14.4 Å². The lowest BCUT2D eigenvalue weighted by Crippen LogP contribution is -2.38. The number of hydrogen-bond acceptors (Lipinski definition) is 5. The minimum absolute atomic E-state index is 0.0205. The van der Waals surface area contributed by atoms with Crippen LogP contribution in [0.1, 0.15) is 30.1 Å². The topological polar surface area (TPSA) is 91.3 Å². The number of hydrogen-bond donors (Lipinski definition) is 1. The molecule has 8 heteroatoms. The Morgan fingerprint density at radius 3 is 2.86 bits per heavy atom. The zero-order valence-corrected chi connectivity index (χ0v) is 16.0. The fourth-order valence-electron chi connectivity index (χ4n) is 3.92. The smallest absolute Gasteiger partial charge is 0.332 e. The van der Waals surface area contributed by atoms with Gasteiger partial charge in [0.05, 0.1) is 31.7 Å². The van der Waals surface area contributed by atoms with Gasteiger partial charge in [0.15, 0.2) is 11.2 Å². The Morgan fingerprint density at radius 2 is 2.04 bits per heavy atom. The highest BCUT2D eigenvalue weighted by atomic mass is 16.5. The van der Waals surface area contributed by atoms with E-state index in [4.69, 9.17) is 4.74 Å². The van der Waals surface area contributed by atoms with Crippen molar-refractivity contribution < 1.29 is 9.84 Å². The van der Waals surface area contributed by atoms with Crippen LogP contribution in [0.4, 0.5) is 0 Å². The summed E-state index contributed by atoms with van der Waals surface area (Å²) < 4.78 is 9.96. The van der Waals surface area contributed by atoms with E-state index in [1.807, 2.05) is 12.1 Å². The van der Waals surface area contributed by atoms with Crippen LogP contribution in [0.3, 0.4) is 0 Å². The number of benzene rings is 1. The lowest BCUT2D eigenvalue weighted by atomic mass is 9.89. The Labute approximate surface area is 161 Å². The molecule has 0 spiro atoms. The van der Waals surface area contributed by atoms with Gasteiger partial charge in [-0.25, -0.2) is 9.78 Å². The summed E-state index contributed by atoms with van der Waals surface area (Å²) in [6.07, 6.45) is 3.71. The molecule has 0 saturated carbocycles. The summed E-state index contributed by atoms with van der Waals surface area (Å²) in [7, 11) is 3.00. The first kappa shape index (κ1) is 18.6. The van der Waals surface area contributed by atoms with Crippen molar-refractivity contribution in [2.24, 2.45) is 14.1 Å². The number of nitrogens with zero attached hydrogens (tertiary/aromatic N) is 4. The molecule has 0 bridgehead atoms. The fourth-order valence-corrected chi connectivity index (χ4v) is 3.92. The summed E-state index contributed by atoms with van der Waals surface area (Å²) in [6, 6.07) is 8.25. The van der Waals surface area contributed by atoms with Crippen LogP contribution >= 0.6 is 0 Å². The van der Waals surface area contributed by atoms with E-state index in [0.29, 0.717) is 11.2 Å². The number of rotatable bonds is 5. The van der Waals surface area contributed by atoms with Crippen LogP contribution in [0.25, 0.3) is 11.2 Å². The number of aliphatic hydroxyl groups is 1. The van der Waals surface area contributed by atoms with Crippen molar-refractivity contribution in [2.75, 3.05) is 6.61 Å². The van der Waals surface area contributed by atoms with Crippen LogP contribution in [-0.4, -0.2) is 36.5 Å². The highest BCUT2D eigenvalue weighted by Crippen LogP contribution is 2.32. The van der Waals surface area contributed by atoms with Gasteiger partial charge in [-0.1, -0.05) is 24.3 Å². The summed E-state index contributed by atoms with van der Waals surface area (Å²) in [5.74, 6) is 0. The predicted molar refractivity (Wildman–Crippen MR) is 104 cm³/mol. The zero-order chi connectivity index (χ0) is 19.8. The third kappa shape index (κ3) is 3.18. The van der Waals surface area contributed by atoms with Gasteiger partial charge >= 0.3 is 5.69 Å². The van der Waals surface area contributed by atoms with Crippen LogP contribution in [0.15, 0.2) is 40.2 Å². The highest BCUT2D eigenvalue weighted by molar-refractivity contribution is 5.69. The van der Waals surface area contributed by atoms with Gasteiger partial charge in [0, 0.05) is 14.1 Å². The number of aromatic nitrogens is 4. The van der Waals surface area contributed by atoms with Gasteiger partial charge in [-0.15, -0.1) is 0 Å². The van der Waals surface area contributed by atoms with Crippen molar-refractivity contribution in [3.05, 3.63) is 62.6 Å². The Bertz CT molecular complexity index is 1130. The number of fused-ring (bicyclic) bond motifs is 2. The minimum Gasteiger partial charge on any atom is -0.389 e. The molecule has 0 amide bonds. The summed E-state index contributed by atoms with van der Waals surface area (Å²) in [5, 5.41) is 10.5. The van der Waals surface area contributed by atoms with E-state index in [2.05, 4.69) is 17.1 Å². The Morgan fingerprint density at radius 1 is 1.25 bits per heavy atom. The number of aryl methyl sites for hydroxylation is 2. The molecule has 2 unspecified atom stereocenters. The Balaban J connectivity index is 1.50. The van der Waals surface area contributed by atoms with Crippen LogP contribution < -0.4 is 11.2 Å². The molecule has 2 heterocycles. The van der Waals surface area contributed by atoms with Crippen molar-refractivity contribution in [1.29, 1.82) is 0 Å². The van der Waals surface area contributed by atoms with E-state index < -0.39 is 17.4 Å². The van der Waals surface area contributed by atoms with Crippen LogP contribution in [0.2, 0.25) is 0 Å². The van der Waals surface area contributed by atoms with Crippen LogP contribution in [0, 0.1) is 0 Å². The van der Waals surface area contributed by atoms with Crippen molar-refractivity contribution >= 4 is 11.2 Å². The average Bonchev–Trinajstić information content (AvgIpc) is 3.12. The number of ether oxygens (including phenoxy) is 1. The monoisotopic (exact) mass is 384 g/mol. The van der Waals surface area contributed by atoms with Gasteiger partial charge in [0.25, 0.3) is 5.56 Å². The molecule has 8 nitrogen and oxygen atoms in total. The minimum atomic E-state index is -0.798. The second kappa shape index (κ2) is 7.37. The molecule has 0 fully saturated rings. The van der Waals surface area contributed by atoms with Gasteiger partial charge in [-0.05, 0) is 30.4 Å². The maximum atomic E-state index is 12.5. The second-order valence-electron chi connectivity index (χ2n) is 7.34. The molecule has 0 radical (unpaired) electrons. The number of aliphatic hydroxyl groups excluding tert-OH is 1. The van der Waals surface area contributed by atoms with E-state index >= 15 is 0 Å². The van der Waals surface area contributed by atoms with E-state index in [9.17, 15) is 14.7 Å². The molecule has 2 atom stereocenters. The van der Waals surface area contributed by atoms with Crippen LogP contribution in [-0.2, 0) is 31.8 Å². The first-order valence-electron chi connectivity index (χ1n) is 9.45. The Hall–Kier alpha value is -2.71. The van der Waals surface area contributed by atoms with E-state index in [-0.39, 0.29) is 19.3 Å². The molecule has 4 rings (SSSR count). The van der Waals surface area contributed by atoms with Crippen molar-refractivity contribution in [3.63, 3.8) is 0 Å². The molecule has 1 aliphatic rings. The van der Waals surface area contributed by atoms with Crippen molar-refractivity contribution in [3.8, 4) is 0 Å². The average molecular weight is 384 g/mol. The molecule has 1 aliphatic carbocycles. The van der Waals surface area contributed by atoms with Crippen LogP contribution in [0.5, 0.6) is 0 Å². The SMILES string of the molecule is Cn1c(=O)c2c(ncn2CC(O)COC2CCCc3ccccc32)n(C)c1=O. The number of imidazole rings is 1. The standard InChI is InChI=1S/C20H24N4O4/c1-22-18-17(19(26)23(2)20(22)27)24(12-21-18)10-14(25)11-28-16-9-5-7-13-6-3-4-8-15(13)16/h3-4,6,8,12,14,16,25H,5,7,9-11H2,1-2H3. The highest BCUT2D eigenvalue weighted by Gasteiger charge is 2.22. The summed E-state index contributed by atoms with van der Waals surface area (Å²) in [4.78, 5) is 28.7. The summed E-state index contributed by atoms with van der Waals surface area (Å²) >= 11 is 0. The maximum Gasteiger partial charge on any atom is 0.332 e. The third-order valence-electron chi connectivity index (χ3n) is 5.43. The molecule has 148 valence electrons. The molecule has 1 aromatic carbocycles. The van der Waals surface area contributed by atoms with E-state index in [1.165, 1.54) is 29.1 Å². The normalized spacial score (nSPS) is 17.6. The van der Waals surface area contributed by atoms with E-state index in [0.717, 1.165) is 23.8 Å².